The molecular weight excluding hydrogens is 421 g/mol. The van der Waals surface area contributed by atoms with E-state index in [-0.39, 0.29) is 5.75 Å². The lowest BCUT2D eigenvalue weighted by Crippen LogP contribution is -2.34. The Balaban J connectivity index is 1.96. The molecule has 0 bridgehead atoms. The maximum absolute atomic E-state index is 14.5. The Hall–Kier alpha value is -2.74. The molecule has 7 heteroatoms. The molecule has 0 saturated carbocycles. The predicted molar refractivity (Wildman–Crippen MR) is 127 cm³/mol. The zero-order valence-corrected chi connectivity index (χ0v) is 19.7. The summed E-state index contributed by atoms with van der Waals surface area (Å²) in [6, 6.07) is 16.0. The van der Waals surface area contributed by atoms with Gasteiger partial charge in [0.2, 0.25) is 5.88 Å². The van der Waals surface area contributed by atoms with Crippen LogP contribution in [0.25, 0.3) is 5.69 Å². The summed E-state index contributed by atoms with van der Waals surface area (Å²) in [6.45, 7) is 6.23. The lowest BCUT2D eigenvalue weighted by atomic mass is 10.1. The van der Waals surface area contributed by atoms with Crippen molar-refractivity contribution < 1.29 is 19.0 Å². The number of unbranched alkanes of at least 4 members (excludes halogenated alkanes) is 1. The van der Waals surface area contributed by atoms with Crippen LogP contribution < -0.4 is 4.74 Å². The highest BCUT2D eigenvalue weighted by molar-refractivity contribution is 5.43. The molecule has 0 saturated heterocycles. The second-order valence-corrected chi connectivity index (χ2v) is 8.17. The number of benzene rings is 2. The van der Waals surface area contributed by atoms with Crippen molar-refractivity contribution in [3.05, 3.63) is 71.7 Å². The zero-order valence-electron chi connectivity index (χ0n) is 19.7. The minimum Gasteiger partial charge on any atom is -0.435 e. The smallest absolute Gasteiger partial charge is 0.227 e. The van der Waals surface area contributed by atoms with Crippen molar-refractivity contribution >= 4 is 0 Å². The van der Waals surface area contributed by atoms with Gasteiger partial charge >= 0.3 is 0 Å². The van der Waals surface area contributed by atoms with Crippen LogP contribution >= 0.6 is 0 Å². The van der Waals surface area contributed by atoms with Gasteiger partial charge in [0.25, 0.3) is 0 Å². The summed E-state index contributed by atoms with van der Waals surface area (Å²) in [7, 11) is 1.66. The van der Waals surface area contributed by atoms with E-state index in [2.05, 4.69) is 11.8 Å². The summed E-state index contributed by atoms with van der Waals surface area (Å²) in [6.07, 6.45) is 2.34. The molecule has 3 aromatic rings. The second-order valence-electron chi connectivity index (χ2n) is 8.17. The molecule has 33 heavy (non-hydrogen) atoms. The first-order valence-corrected chi connectivity index (χ1v) is 11.5. The quantitative estimate of drug-likeness (QED) is 0.388. The summed E-state index contributed by atoms with van der Waals surface area (Å²) < 4.78 is 27.6. The third kappa shape index (κ3) is 6.87. The van der Waals surface area contributed by atoms with E-state index in [0.29, 0.717) is 32.1 Å². The molecular formula is C26H34FN3O3. The number of rotatable bonds is 13. The van der Waals surface area contributed by atoms with E-state index in [1.54, 1.807) is 30.0 Å². The van der Waals surface area contributed by atoms with Crippen molar-refractivity contribution in [3.63, 3.8) is 0 Å². The van der Waals surface area contributed by atoms with Gasteiger partial charge in [-0.3, -0.25) is 4.90 Å². The van der Waals surface area contributed by atoms with Gasteiger partial charge in [-0.1, -0.05) is 50.1 Å². The van der Waals surface area contributed by atoms with Crippen LogP contribution in [0.2, 0.25) is 0 Å². The van der Waals surface area contributed by atoms with Gasteiger partial charge in [-0.05, 0) is 37.6 Å². The van der Waals surface area contributed by atoms with E-state index in [9.17, 15) is 9.50 Å². The number of para-hydroxylation sites is 2. The number of methoxy groups -OCH3 is 1. The molecule has 0 aliphatic rings. The first-order chi connectivity index (χ1) is 16.0. The Morgan fingerprint density at radius 1 is 1.12 bits per heavy atom. The molecule has 0 aliphatic heterocycles. The van der Waals surface area contributed by atoms with Crippen molar-refractivity contribution in [3.8, 4) is 17.3 Å². The lowest BCUT2D eigenvalue weighted by molar-refractivity contribution is 0.0786. The number of hydrogen-bond donors (Lipinski definition) is 1. The third-order valence-electron chi connectivity index (χ3n) is 5.53. The Morgan fingerprint density at radius 2 is 1.85 bits per heavy atom. The van der Waals surface area contributed by atoms with Crippen molar-refractivity contribution in [2.45, 2.75) is 45.8 Å². The summed E-state index contributed by atoms with van der Waals surface area (Å²) in [4.78, 5) is 2.14. The molecule has 1 heterocycles. The van der Waals surface area contributed by atoms with Gasteiger partial charge in [-0.2, -0.15) is 5.10 Å². The fourth-order valence-electron chi connectivity index (χ4n) is 3.71. The second kappa shape index (κ2) is 12.5. The van der Waals surface area contributed by atoms with E-state index in [1.807, 2.05) is 37.3 Å². The molecule has 0 fully saturated rings. The maximum atomic E-state index is 14.5. The van der Waals surface area contributed by atoms with Gasteiger partial charge in [-0.25, -0.2) is 9.07 Å². The normalized spacial score (nSPS) is 12.3. The third-order valence-corrected chi connectivity index (χ3v) is 5.53. The molecule has 178 valence electrons. The van der Waals surface area contributed by atoms with Crippen molar-refractivity contribution in [2.24, 2.45) is 0 Å². The summed E-state index contributed by atoms with van der Waals surface area (Å²) in [5.41, 5.74) is 2.46. The minimum absolute atomic E-state index is 0.141. The van der Waals surface area contributed by atoms with E-state index in [4.69, 9.17) is 14.6 Å². The van der Waals surface area contributed by atoms with Crippen molar-refractivity contribution in [2.75, 3.05) is 26.8 Å². The minimum atomic E-state index is -0.437. The van der Waals surface area contributed by atoms with Crippen LogP contribution in [0.15, 0.2) is 54.6 Å². The van der Waals surface area contributed by atoms with Crippen LogP contribution in [-0.2, 0) is 11.3 Å². The van der Waals surface area contributed by atoms with E-state index >= 15 is 0 Å². The van der Waals surface area contributed by atoms with Gasteiger partial charge in [0.15, 0.2) is 11.6 Å². The number of ether oxygens (including phenoxy) is 2. The first-order valence-electron chi connectivity index (χ1n) is 11.5. The first kappa shape index (κ1) is 24.9. The molecule has 1 aromatic heterocycles. The fourth-order valence-corrected chi connectivity index (χ4v) is 3.71. The average molecular weight is 456 g/mol. The molecule has 1 atom stereocenters. The number of aromatic nitrogens is 2. The van der Waals surface area contributed by atoms with E-state index < -0.39 is 11.9 Å². The van der Waals surface area contributed by atoms with Crippen molar-refractivity contribution in [1.82, 2.24) is 14.7 Å². The van der Waals surface area contributed by atoms with Gasteiger partial charge in [0, 0.05) is 26.7 Å². The molecule has 0 unspecified atom stereocenters. The average Bonchev–Trinajstić information content (AvgIpc) is 3.13. The van der Waals surface area contributed by atoms with E-state index in [1.165, 1.54) is 6.07 Å². The van der Waals surface area contributed by atoms with Crippen LogP contribution in [0.3, 0.4) is 0 Å². The van der Waals surface area contributed by atoms with Gasteiger partial charge in [-0.15, -0.1) is 0 Å². The number of aliphatic hydroxyl groups excluding tert-OH is 1. The number of hydrogen-bond acceptors (Lipinski definition) is 5. The Morgan fingerprint density at radius 3 is 2.55 bits per heavy atom. The number of aryl methyl sites for hydroxylation is 1. The Kier molecular flexibility index (Phi) is 9.42. The largest absolute Gasteiger partial charge is 0.435 e. The number of nitrogens with zero attached hydrogens (tertiary/aromatic N) is 3. The molecule has 6 nitrogen and oxygen atoms in total. The van der Waals surface area contributed by atoms with Crippen LogP contribution in [0, 0.1) is 12.7 Å². The number of halogens is 1. The van der Waals surface area contributed by atoms with Crippen LogP contribution in [0.1, 0.15) is 37.4 Å². The molecule has 3 rings (SSSR count). The van der Waals surface area contributed by atoms with Gasteiger partial charge in [0.1, 0.15) is 0 Å². The molecule has 0 aliphatic carbocycles. The van der Waals surface area contributed by atoms with Crippen LogP contribution in [0.4, 0.5) is 4.39 Å². The summed E-state index contributed by atoms with van der Waals surface area (Å²) in [5.74, 6) is 0.171. The highest BCUT2D eigenvalue weighted by Gasteiger charge is 2.23. The molecule has 0 spiro atoms. The standard InChI is InChI=1S/C26H34FN3O3/c1-4-5-13-22(31)18-29(16-17-32-3)19-23-20(2)28-30(21-11-7-6-8-12-21)26(23)33-25-15-10-9-14-24(25)27/h6-12,14-15,22,31H,4-5,13,16-19H2,1-3H3/t22-/m0/s1. The molecule has 0 amide bonds. The van der Waals surface area contributed by atoms with Gasteiger partial charge < -0.3 is 14.6 Å². The Labute approximate surface area is 195 Å². The molecule has 1 N–H and O–H groups in total. The molecule has 0 radical (unpaired) electrons. The highest BCUT2D eigenvalue weighted by Crippen LogP contribution is 2.32. The van der Waals surface area contributed by atoms with Crippen molar-refractivity contribution in [1.29, 1.82) is 0 Å². The predicted octanol–water partition coefficient (Wildman–Crippen LogP) is 5.11. The lowest BCUT2D eigenvalue weighted by Gasteiger charge is -2.25. The fraction of sp³-hybridized carbons (Fsp3) is 0.423. The Bertz CT molecular complexity index is 994. The van der Waals surface area contributed by atoms with Crippen LogP contribution in [-0.4, -0.2) is 52.7 Å². The number of aliphatic hydroxyl groups is 1. The monoisotopic (exact) mass is 455 g/mol. The maximum Gasteiger partial charge on any atom is 0.227 e. The SMILES string of the molecule is CCCC[C@H](O)CN(CCOC)Cc1c(C)nn(-c2ccccc2)c1Oc1ccccc1F. The summed E-state index contributed by atoms with van der Waals surface area (Å²) in [5, 5.41) is 15.3. The van der Waals surface area contributed by atoms with E-state index in [0.717, 1.165) is 36.2 Å². The van der Waals surface area contributed by atoms with Gasteiger partial charge in [0.05, 0.1) is 29.7 Å². The highest BCUT2D eigenvalue weighted by atomic mass is 19.1. The topological polar surface area (TPSA) is 59.8 Å². The summed E-state index contributed by atoms with van der Waals surface area (Å²) >= 11 is 0. The zero-order chi connectivity index (χ0) is 23.6. The molecule has 2 aromatic carbocycles. The van der Waals surface area contributed by atoms with Crippen LogP contribution in [0.5, 0.6) is 11.6 Å².